The van der Waals surface area contributed by atoms with Crippen LogP contribution >= 0.6 is 0 Å². The Hall–Kier alpha value is -5.34. The van der Waals surface area contributed by atoms with E-state index < -0.39 is 0 Å². The molecule has 6 aromatic rings. The third-order valence-electron chi connectivity index (χ3n) is 7.04. The van der Waals surface area contributed by atoms with Gasteiger partial charge in [-0.2, -0.15) is 0 Å². The van der Waals surface area contributed by atoms with Crippen LogP contribution in [0.2, 0.25) is 0 Å². The molecule has 6 aromatic heterocycles. The fourth-order valence-corrected chi connectivity index (χ4v) is 5.02. The van der Waals surface area contributed by atoms with Crippen LogP contribution in [0.1, 0.15) is 34.2 Å². The number of aromatic nitrogens is 6. The first-order valence-corrected chi connectivity index (χ1v) is 15.5. The van der Waals surface area contributed by atoms with Crippen LogP contribution in [0.4, 0.5) is 0 Å². The average Bonchev–Trinajstić information content (AvgIpc) is 3.05. The summed E-state index contributed by atoms with van der Waals surface area (Å²) in [6.45, 7) is 2.52. The van der Waals surface area contributed by atoms with Gasteiger partial charge in [0.05, 0.1) is 34.2 Å². The van der Waals surface area contributed by atoms with E-state index in [1.165, 1.54) is 36.4 Å². The molecule has 52 heavy (non-hydrogen) atoms. The van der Waals surface area contributed by atoms with Gasteiger partial charge in [0, 0.05) is 63.5 Å². The molecule has 2 radical (unpaired) electrons. The second-order valence-electron chi connectivity index (χ2n) is 11.2. The zero-order chi connectivity index (χ0) is 35.3. The van der Waals surface area contributed by atoms with Crippen LogP contribution < -0.4 is 10.2 Å². The van der Waals surface area contributed by atoms with Gasteiger partial charge in [0.15, 0.2) is 0 Å². The van der Waals surface area contributed by atoms with Crippen molar-refractivity contribution < 1.29 is 64.8 Å². The van der Waals surface area contributed by atoms with Gasteiger partial charge < -0.3 is 30.6 Å². The SMILES string of the molecule is [Cu+2].[Cu+2].[O-]c1cccc(CN(Cc2cccc(O)n2)Cc2cccc(O)n2)n1.[O-]c1cccc(CN(Cc2cccc(O)n2)Cc2cccc(O)n2)n1. The summed E-state index contributed by atoms with van der Waals surface area (Å²) >= 11 is 0. The monoisotopic (exact) mass is 800 g/mol. The Labute approximate surface area is 321 Å². The summed E-state index contributed by atoms with van der Waals surface area (Å²) in [6, 6.07) is 29.8. The Morgan fingerprint density at radius 1 is 0.346 bits per heavy atom. The normalized spacial score (nSPS) is 10.5. The molecule has 0 aliphatic carbocycles. The Morgan fingerprint density at radius 2 is 0.558 bits per heavy atom. The first kappa shape index (κ1) is 41.1. The Kier molecular flexibility index (Phi) is 16.2. The summed E-state index contributed by atoms with van der Waals surface area (Å²) in [6.07, 6.45) is 0. The molecular formula is C36H34Cu2N8O6+2. The van der Waals surface area contributed by atoms with Crippen molar-refractivity contribution in [2.75, 3.05) is 0 Å². The van der Waals surface area contributed by atoms with Gasteiger partial charge in [-0.1, -0.05) is 48.5 Å². The summed E-state index contributed by atoms with van der Waals surface area (Å²) < 4.78 is 0. The van der Waals surface area contributed by atoms with Crippen LogP contribution in [0.15, 0.2) is 109 Å². The molecule has 0 bridgehead atoms. The first-order valence-electron chi connectivity index (χ1n) is 15.5. The van der Waals surface area contributed by atoms with Gasteiger partial charge in [-0.15, -0.1) is 0 Å². The molecule has 274 valence electrons. The zero-order valence-electron chi connectivity index (χ0n) is 27.4. The van der Waals surface area contributed by atoms with Gasteiger partial charge in [-0.3, -0.25) is 19.8 Å². The van der Waals surface area contributed by atoms with Crippen LogP contribution in [0, 0.1) is 0 Å². The minimum atomic E-state index is -0.289. The largest absolute Gasteiger partial charge is 2.00 e. The molecule has 0 amide bonds. The minimum Gasteiger partial charge on any atom is -0.859 e. The molecule has 14 nitrogen and oxygen atoms in total. The van der Waals surface area contributed by atoms with Crippen LogP contribution in [-0.2, 0) is 73.4 Å². The number of hydrogen-bond acceptors (Lipinski definition) is 14. The van der Waals surface area contributed by atoms with E-state index in [0.717, 1.165) is 0 Å². The summed E-state index contributed by atoms with van der Waals surface area (Å²) in [5.74, 6) is -0.771. The predicted molar refractivity (Wildman–Crippen MR) is 177 cm³/mol. The van der Waals surface area contributed by atoms with E-state index in [9.17, 15) is 30.6 Å². The van der Waals surface area contributed by atoms with Crippen molar-refractivity contribution in [2.24, 2.45) is 0 Å². The van der Waals surface area contributed by atoms with Crippen LogP contribution in [-0.4, -0.2) is 60.1 Å². The van der Waals surface area contributed by atoms with Crippen LogP contribution in [0.3, 0.4) is 0 Å². The number of rotatable bonds is 12. The summed E-state index contributed by atoms with van der Waals surface area (Å²) in [7, 11) is 0. The molecule has 0 aromatic carbocycles. The smallest absolute Gasteiger partial charge is 0.859 e. The fraction of sp³-hybridized carbons (Fsp3) is 0.167. The van der Waals surface area contributed by atoms with Gasteiger partial charge in [0.25, 0.3) is 0 Å². The quantitative estimate of drug-likeness (QED) is 0.131. The molecule has 6 heterocycles. The Morgan fingerprint density at radius 3 is 0.769 bits per heavy atom. The first-order chi connectivity index (χ1) is 24.2. The van der Waals surface area contributed by atoms with Gasteiger partial charge in [0.1, 0.15) is 0 Å². The summed E-state index contributed by atoms with van der Waals surface area (Å²) in [5, 5.41) is 61.1. The maximum atomic E-state index is 11.5. The molecule has 0 atom stereocenters. The molecule has 4 N–H and O–H groups in total. The van der Waals surface area contributed by atoms with Crippen LogP contribution in [0.5, 0.6) is 35.3 Å². The van der Waals surface area contributed by atoms with Crippen molar-refractivity contribution in [2.45, 2.75) is 39.3 Å². The van der Waals surface area contributed by atoms with Crippen molar-refractivity contribution in [3.8, 4) is 35.3 Å². The van der Waals surface area contributed by atoms with Crippen molar-refractivity contribution in [3.05, 3.63) is 143 Å². The Balaban J connectivity index is 0.000000270. The topological polar surface area (TPSA) is 211 Å². The second kappa shape index (κ2) is 20.5. The molecule has 0 fully saturated rings. The van der Waals surface area contributed by atoms with Crippen molar-refractivity contribution >= 4 is 0 Å². The van der Waals surface area contributed by atoms with Crippen molar-refractivity contribution in [3.63, 3.8) is 0 Å². The van der Waals surface area contributed by atoms with Gasteiger partial charge in [-0.25, -0.2) is 19.9 Å². The maximum absolute atomic E-state index is 11.5. The van der Waals surface area contributed by atoms with Gasteiger partial charge in [0.2, 0.25) is 23.5 Å². The number of pyridine rings is 6. The molecule has 0 aliphatic heterocycles. The molecular weight excluding hydrogens is 768 g/mol. The number of hydrogen-bond donors (Lipinski definition) is 4. The minimum absolute atomic E-state index is 0. The van der Waals surface area contributed by atoms with E-state index in [4.69, 9.17) is 0 Å². The van der Waals surface area contributed by atoms with E-state index in [1.807, 2.05) is 9.80 Å². The van der Waals surface area contributed by atoms with Crippen molar-refractivity contribution in [1.29, 1.82) is 0 Å². The number of aromatic hydroxyl groups is 4. The Bertz CT molecular complexity index is 1640. The standard InChI is InChI=1S/2C18H18N4O3.2Cu/c2*23-16-7-1-4-13(19-16)10-22(11-14-5-2-8-17(24)20-14)12-15-6-3-9-18(25)21-15;;/h2*1-9H,10-12H2,(H,19,23)(H,20,24)(H,21,25);;/q;;2*+2/p-2. The van der Waals surface area contributed by atoms with E-state index in [-0.39, 0.29) is 69.4 Å². The second-order valence-corrected chi connectivity index (χ2v) is 11.2. The maximum Gasteiger partial charge on any atom is 2.00 e. The van der Waals surface area contributed by atoms with E-state index in [2.05, 4.69) is 29.9 Å². The van der Waals surface area contributed by atoms with Gasteiger partial charge >= 0.3 is 34.1 Å². The van der Waals surface area contributed by atoms with Crippen molar-refractivity contribution in [1.82, 2.24) is 39.7 Å². The molecule has 0 aliphatic rings. The molecule has 0 saturated heterocycles. The number of nitrogens with zero attached hydrogens (tertiary/aromatic N) is 8. The fourth-order valence-electron chi connectivity index (χ4n) is 5.02. The van der Waals surface area contributed by atoms with Gasteiger partial charge in [-0.05, 0) is 48.2 Å². The predicted octanol–water partition coefficient (Wildman–Crippen LogP) is 3.11. The third-order valence-corrected chi connectivity index (χ3v) is 7.04. The molecule has 6 rings (SSSR count). The zero-order valence-corrected chi connectivity index (χ0v) is 29.3. The molecule has 0 spiro atoms. The third kappa shape index (κ3) is 13.8. The molecule has 0 saturated carbocycles. The van der Waals surface area contributed by atoms with E-state index in [0.29, 0.717) is 73.4 Å². The average molecular weight is 802 g/mol. The molecule has 16 heteroatoms. The van der Waals surface area contributed by atoms with E-state index >= 15 is 0 Å². The van der Waals surface area contributed by atoms with E-state index in [1.54, 1.807) is 72.8 Å². The summed E-state index contributed by atoms with van der Waals surface area (Å²) in [5.41, 5.74) is 3.98. The summed E-state index contributed by atoms with van der Waals surface area (Å²) in [4.78, 5) is 28.3. The van der Waals surface area contributed by atoms with Crippen LogP contribution in [0.25, 0.3) is 0 Å². The molecule has 0 unspecified atom stereocenters.